The normalized spacial score (nSPS) is 10.1. The topological polar surface area (TPSA) is 104 Å². The first-order valence-corrected chi connectivity index (χ1v) is 6.24. The molecule has 0 fully saturated rings. The Morgan fingerprint density at radius 3 is 2.24 bits per heavy atom. The van der Waals surface area contributed by atoms with Crippen LogP contribution in [0.1, 0.15) is 22.3 Å². The lowest BCUT2D eigenvalue weighted by Gasteiger charge is -2.21. The summed E-state index contributed by atoms with van der Waals surface area (Å²) in [6.45, 7) is 0.139. The zero-order valence-corrected chi connectivity index (χ0v) is 11.6. The van der Waals surface area contributed by atoms with Gasteiger partial charge in [0.15, 0.2) is 0 Å². The number of amides is 1. The molecule has 114 valence electrons. The molecule has 0 unspecified atom stereocenters. The summed E-state index contributed by atoms with van der Waals surface area (Å²) in [4.78, 5) is 34.6. The molecule has 0 aromatic heterocycles. The average molecular weight is 295 g/mol. The van der Waals surface area contributed by atoms with Crippen molar-refractivity contribution < 1.29 is 29.3 Å². The first-order chi connectivity index (χ1) is 9.93. The molecule has 7 heteroatoms. The molecule has 0 saturated heterocycles. The Kier molecular flexibility index (Phi) is 6.35. The molecule has 0 spiro atoms. The van der Waals surface area contributed by atoms with Crippen molar-refractivity contribution in [3.05, 3.63) is 35.4 Å². The van der Waals surface area contributed by atoms with Gasteiger partial charge in [0.25, 0.3) is 0 Å². The second kappa shape index (κ2) is 8.01. The number of nitrogens with zero attached hydrogens (tertiary/aromatic N) is 1. The maximum Gasteiger partial charge on any atom is 0.335 e. The summed E-state index contributed by atoms with van der Waals surface area (Å²) in [6.07, 6.45) is -0.164. The number of benzene rings is 1. The number of ether oxygens (including phenoxy) is 1. The number of methoxy groups -OCH3 is 1. The number of aliphatic carboxylic acids is 1. The maximum absolute atomic E-state index is 11.8. The van der Waals surface area contributed by atoms with Crippen molar-refractivity contribution in [2.45, 2.75) is 13.0 Å². The molecular formula is C14H17NO6. The smallest absolute Gasteiger partial charge is 0.335 e. The fourth-order valence-electron chi connectivity index (χ4n) is 1.71. The summed E-state index contributed by atoms with van der Waals surface area (Å²) in [6, 6.07) is 6.07. The third-order valence-corrected chi connectivity index (χ3v) is 2.79. The van der Waals surface area contributed by atoms with E-state index < -0.39 is 11.9 Å². The van der Waals surface area contributed by atoms with E-state index in [1.165, 1.54) is 24.1 Å². The van der Waals surface area contributed by atoms with E-state index in [0.29, 0.717) is 0 Å². The van der Waals surface area contributed by atoms with Crippen LogP contribution < -0.4 is 0 Å². The van der Waals surface area contributed by atoms with E-state index in [2.05, 4.69) is 0 Å². The minimum Gasteiger partial charge on any atom is -0.481 e. The predicted molar refractivity (Wildman–Crippen MR) is 72.9 cm³/mol. The Bertz CT molecular complexity index is 511. The number of carbonyl (C=O) groups is 3. The fraction of sp³-hybridized carbons (Fsp3) is 0.357. The summed E-state index contributed by atoms with van der Waals surface area (Å²) >= 11 is 0. The van der Waals surface area contributed by atoms with E-state index in [0.717, 1.165) is 5.56 Å². The second-order valence-electron chi connectivity index (χ2n) is 4.39. The molecule has 0 radical (unpaired) electrons. The van der Waals surface area contributed by atoms with Gasteiger partial charge in [0.05, 0.1) is 12.0 Å². The van der Waals surface area contributed by atoms with E-state index in [4.69, 9.17) is 14.9 Å². The molecule has 1 aromatic carbocycles. The van der Waals surface area contributed by atoms with Crippen LogP contribution in [0.3, 0.4) is 0 Å². The number of carbonyl (C=O) groups excluding carboxylic acids is 1. The zero-order valence-electron chi connectivity index (χ0n) is 11.6. The number of aromatic carboxylic acids is 1. The summed E-state index contributed by atoms with van der Waals surface area (Å²) < 4.78 is 4.76. The quantitative estimate of drug-likeness (QED) is 0.736. The van der Waals surface area contributed by atoms with Gasteiger partial charge >= 0.3 is 11.9 Å². The monoisotopic (exact) mass is 295 g/mol. The van der Waals surface area contributed by atoms with Gasteiger partial charge in [-0.2, -0.15) is 0 Å². The molecule has 0 aliphatic heterocycles. The van der Waals surface area contributed by atoms with Gasteiger partial charge < -0.3 is 19.8 Å². The van der Waals surface area contributed by atoms with Gasteiger partial charge in [-0.15, -0.1) is 0 Å². The first-order valence-electron chi connectivity index (χ1n) is 6.24. The largest absolute Gasteiger partial charge is 0.481 e. The molecule has 0 heterocycles. The van der Waals surface area contributed by atoms with Crippen molar-refractivity contribution >= 4 is 17.8 Å². The third kappa shape index (κ3) is 5.62. The summed E-state index contributed by atoms with van der Waals surface area (Å²) in [5.41, 5.74) is 0.869. The van der Waals surface area contributed by atoms with Crippen LogP contribution in [0.4, 0.5) is 0 Å². The highest BCUT2D eigenvalue weighted by Gasteiger charge is 2.15. The van der Waals surface area contributed by atoms with E-state index in [1.54, 1.807) is 12.1 Å². The van der Waals surface area contributed by atoms with Crippen molar-refractivity contribution in [3.63, 3.8) is 0 Å². The maximum atomic E-state index is 11.8. The lowest BCUT2D eigenvalue weighted by atomic mass is 10.1. The third-order valence-electron chi connectivity index (χ3n) is 2.79. The van der Waals surface area contributed by atoms with Crippen molar-refractivity contribution in [1.29, 1.82) is 0 Å². The molecule has 2 N–H and O–H groups in total. The highest BCUT2D eigenvalue weighted by molar-refractivity contribution is 5.87. The molecule has 1 aromatic rings. The summed E-state index contributed by atoms with van der Waals surface area (Å²) in [5, 5.41) is 17.5. The molecule has 1 amide bonds. The van der Waals surface area contributed by atoms with E-state index in [9.17, 15) is 14.4 Å². The Morgan fingerprint density at radius 2 is 1.76 bits per heavy atom. The molecule has 0 atom stereocenters. The van der Waals surface area contributed by atoms with Crippen LogP contribution >= 0.6 is 0 Å². The van der Waals surface area contributed by atoms with Crippen molar-refractivity contribution in [2.75, 3.05) is 20.3 Å². The van der Waals surface area contributed by atoms with E-state index in [1.807, 2.05) is 0 Å². The highest BCUT2D eigenvalue weighted by Crippen LogP contribution is 2.09. The van der Waals surface area contributed by atoms with Crippen molar-refractivity contribution in [2.24, 2.45) is 0 Å². The van der Waals surface area contributed by atoms with Gasteiger partial charge in [0, 0.05) is 20.2 Å². The van der Waals surface area contributed by atoms with Crippen LogP contribution in [0.15, 0.2) is 24.3 Å². The van der Waals surface area contributed by atoms with Crippen LogP contribution in [0.25, 0.3) is 0 Å². The summed E-state index contributed by atoms with van der Waals surface area (Å²) in [5.74, 6) is -2.34. The zero-order chi connectivity index (χ0) is 15.8. The van der Waals surface area contributed by atoms with Gasteiger partial charge in [-0.25, -0.2) is 4.79 Å². The number of carboxylic acids is 2. The summed E-state index contributed by atoms with van der Waals surface area (Å²) in [7, 11) is 1.38. The Morgan fingerprint density at radius 1 is 1.14 bits per heavy atom. The van der Waals surface area contributed by atoms with Crippen LogP contribution in [0.2, 0.25) is 0 Å². The van der Waals surface area contributed by atoms with Crippen LogP contribution in [0, 0.1) is 0 Å². The number of rotatable bonds is 8. The molecule has 21 heavy (non-hydrogen) atoms. The van der Waals surface area contributed by atoms with Crippen LogP contribution in [-0.4, -0.2) is 53.2 Å². The second-order valence-corrected chi connectivity index (χ2v) is 4.39. The number of hydrogen-bond acceptors (Lipinski definition) is 4. The molecule has 0 bridgehead atoms. The highest BCUT2D eigenvalue weighted by atomic mass is 16.5. The minimum atomic E-state index is -1.03. The molecule has 1 rings (SSSR count). The molecule has 0 aliphatic carbocycles. The Hall–Kier alpha value is -2.41. The number of hydrogen-bond donors (Lipinski definition) is 2. The first kappa shape index (κ1) is 16.6. The van der Waals surface area contributed by atoms with Gasteiger partial charge in [-0.1, -0.05) is 12.1 Å². The van der Waals surface area contributed by atoms with Gasteiger partial charge in [-0.3, -0.25) is 9.59 Å². The molecule has 0 aliphatic rings. The van der Waals surface area contributed by atoms with Gasteiger partial charge in [0.2, 0.25) is 5.91 Å². The standard InChI is InChI=1S/C14H17NO6/c1-21-9-12(16)15(7-6-13(17)18)8-10-2-4-11(5-3-10)14(19)20/h2-5H,6-9H2,1H3,(H,17,18)(H,19,20). The van der Waals surface area contributed by atoms with Crippen LogP contribution in [-0.2, 0) is 20.9 Å². The molecule has 7 nitrogen and oxygen atoms in total. The number of carboxylic acid groups (broad SMARTS) is 2. The van der Waals surface area contributed by atoms with Crippen molar-refractivity contribution in [3.8, 4) is 0 Å². The average Bonchev–Trinajstić information content (AvgIpc) is 2.43. The minimum absolute atomic E-state index is 0.0677. The Labute approximate surface area is 121 Å². The predicted octanol–water partition coefficient (Wildman–Crippen LogP) is 0.834. The van der Waals surface area contributed by atoms with Gasteiger partial charge in [0.1, 0.15) is 6.61 Å². The van der Waals surface area contributed by atoms with Gasteiger partial charge in [-0.05, 0) is 17.7 Å². The van der Waals surface area contributed by atoms with Crippen molar-refractivity contribution in [1.82, 2.24) is 4.90 Å². The lowest BCUT2D eigenvalue weighted by Crippen LogP contribution is -2.35. The van der Waals surface area contributed by atoms with E-state index in [-0.39, 0.29) is 37.6 Å². The fourth-order valence-corrected chi connectivity index (χ4v) is 1.71. The lowest BCUT2D eigenvalue weighted by molar-refractivity contribution is -0.140. The SMILES string of the molecule is COCC(=O)N(CCC(=O)O)Cc1ccc(C(=O)O)cc1. The van der Waals surface area contributed by atoms with E-state index >= 15 is 0 Å². The Balaban J connectivity index is 2.76. The molecular weight excluding hydrogens is 278 g/mol. The van der Waals surface area contributed by atoms with Crippen LogP contribution in [0.5, 0.6) is 0 Å². The molecule has 0 saturated carbocycles.